The molecule has 5 nitrogen and oxygen atoms in total. The Balaban J connectivity index is 2.12. The van der Waals surface area contributed by atoms with Gasteiger partial charge in [-0.25, -0.2) is 0 Å². The second-order valence-corrected chi connectivity index (χ2v) is 6.69. The van der Waals surface area contributed by atoms with Crippen molar-refractivity contribution in [3.63, 3.8) is 0 Å². The number of carbonyl (C=O) groups excluding carboxylic acids is 1. The van der Waals surface area contributed by atoms with Crippen molar-refractivity contribution in [3.8, 4) is 5.75 Å². The molecule has 110 valence electrons. The summed E-state index contributed by atoms with van der Waals surface area (Å²) in [6.07, 6.45) is 0.698. The topological polar surface area (TPSA) is 69.4 Å². The smallest absolute Gasteiger partial charge is 0.311 e. The van der Waals surface area contributed by atoms with E-state index in [1.54, 1.807) is 18.2 Å². The summed E-state index contributed by atoms with van der Waals surface area (Å²) in [6.45, 7) is 1.69. The molecule has 0 saturated carbocycles. The first-order valence-electron chi connectivity index (χ1n) is 6.20. The predicted molar refractivity (Wildman–Crippen MR) is 84.3 cm³/mol. The molecule has 0 N–H and O–H groups in total. The number of nitro groups is 1. The van der Waals surface area contributed by atoms with Gasteiger partial charge in [0.25, 0.3) is 0 Å². The Morgan fingerprint density at radius 2 is 2.14 bits per heavy atom. The highest BCUT2D eigenvalue weighted by atomic mass is 79.9. The van der Waals surface area contributed by atoms with E-state index in [-0.39, 0.29) is 23.8 Å². The van der Waals surface area contributed by atoms with E-state index >= 15 is 0 Å². The van der Waals surface area contributed by atoms with Gasteiger partial charge >= 0.3 is 5.69 Å². The van der Waals surface area contributed by atoms with Gasteiger partial charge in [0.2, 0.25) is 5.78 Å². The first-order chi connectivity index (χ1) is 10.0. The number of halogens is 1. The second-order valence-electron chi connectivity index (χ2n) is 4.23. The number of carbonyl (C=O) groups is 1. The van der Waals surface area contributed by atoms with E-state index in [2.05, 4.69) is 15.9 Å². The molecule has 2 aromatic rings. The van der Waals surface area contributed by atoms with Crippen LogP contribution in [0.2, 0.25) is 0 Å². The van der Waals surface area contributed by atoms with E-state index in [1.807, 2.05) is 6.92 Å². The first-order valence-corrected chi connectivity index (χ1v) is 7.81. The highest BCUT2D eigenvalue weighted by molar-refractivity contribution is 9.11. The number of ether oxygens (including phenoxy) is 1. The van der Waals surface area contributed by atoms with E-state index in [1.165, 1.54) is 23.5 Å². The summed E-state index contributed by atoms with van der Waals surface area (Å²) in [4.78, 5) is 23.0. The number of hydrogen-bond acceptors (Lipinski definition) is 5. The van der Waals surface area contributed by atoms with Crippen LogP contribution in [-0.4, -0.2) is 17.3 Å². The minimum atomic E-state index is -0.499. The number of Topliss-reactive ketones (excluding diaryl/α,β-unsaturated/α-hetero) is 1. The molecule has 1 aromatic carbocycles. The molecule has 0 aliphatic rings. The third-order valence-corrected chi connectivity index (χ3v) is 4.50. The number of thiophene rings is 1. The lowest BCUT2D eigenvalue weighted by Crippen LogP contribution is -2.11. The maximum absolute atomic E-state index is 11.9. The number of rotatable bonds is 6. The molecule has 0 aliphatic carbocycles. The Hall–Kier alpha value is -1.73. The van der Waals surface area contributed by atoms with Gasteiger partial charge in [-0.1, -0.05) is 13.0 Å². The van der Waals surface area contributed by atoms with Gasteiger partial charge in [0.15, 0.2) is 12.4 Å². The molecular formula is C14H12BrNO4S. The molecule has 0 aliphatic heterocycles. The van der Waals surface area contributed by atoms with Crippen LogP contribution >= 0.6 is 27.3 Å². The van der Waals surface area contributed by atoms with Gasteiger partial charge < -0.3 is 4.74 Å². The number of nitro benzene ring substituents is 1. The summed E-state index contributed by atoms with van der Waals surface area (Å²) in [5.41, 5.74) is 0.733. The van der Waals surface area contributed by atoms with E-state index in [0.29, 0.717) is 11.3 Å². The third-order valence-electron chi connectivity index (χ3n) is 2.84. The van der Waals surface area contributed by atoms with Crippen molar-refractivity contribution in [2.24, 2.45) is 0 Å². The zero-order valence-electron chi connectivity index (χ0n) is 11.2. The molecule has 0 unspecified atom stereocenters. The Labute approximate surface area is 133 Å². The van der Waals surface area contributed by atoms with E-state index in [4.69, 9.17) is 4.74 Å². The van der Waals surface area contributed by atoms with Gasteiger partial charge in [0.05, 0.1) is 13.6 Å². The van der Waals surface area contributed by atoms with Crippen molar-refractivity contribution in [1.29, 1.82) is 0 Å². The number of aryl methyl sites for hydroxylation is 1. The predicted octanol–water partition coefficient (Wildman–Crippen LogP) is 4.24. The van der Waals surface area contributed by atoms with E-state index in [0.717, 1.165) is 9.35 Å². The zero-order chi connectivity index (χ0) is 15.4. The minimum absolute atomic E-state index is 0.112. The van der Waals surface area contributed by atoms with Gasteiger partial charge in [0.1, 0.15) is 0 Å². The average Bonchev–Trinajstić information content (AvgIpc) is 2.91. The molecule has 1 aromatic heterocycles. The van der Waals surface area contributed by atoms with Crippen LogP contribution in [0.15, 0.2) is 34.1 Å². The third kappa shape index (κ3) is 3.89. The van der Waals surface area contributed by atoms with Crippen LogP contribution in [-0.2, 0) is 6.42 Å². The first kappa shape index (κ1) is 15.7. The summed E-state index contributed by atoms with van der Waals surface area (Å²) >= 11 is 4.58. The minimum Gasteiger partial charge on any atom is -0.478 e. The average molecular weight is 370 g/mol. The van der Waals surface area contributed by atoms with E-state index in [9.17, 15) is 14.9 Å². The molecule has 0 amide bonds. The van der Waals surface area contributed by atoms with Crippen molar-refractivity contribution in [2.75, 3.05) is 6.61 Å². The maximum Gasteiger partial charge on any atom is 0.311 e. The molecule has 0 atom stereocenters. The summed E-state index contributed by atoms with van der Waals surface area (Å²) in [5, 5.41) is 11.0. The van der Waals surface area contributed by atoms with Gasteiger partial charge in [-0.2, -0.15) is 0 Å². The van der Waals surface area contributed by atoms with E-state index < -0.39 is 4.92 Å². The Kier molecular flexibility index (Phi) is 5.08. The second kappa shape index (κ2) is 6.82. The highest BCUT2D eigenvalue weighted by Crippen LogP contribution is 2.29. The molecule has 2 rings (SSSR count). The van der Waals surface area contributed by atoms with Crippen molar-refractivity contribution in [1.82, 2.24) is 0 Å². The Morgan fingerprint density at radius 1 is 1.38 bits per heavy atom. The number of benzene rings is 1. The van der Waals surface area contributed by atoms with Crippen molar-refractivity contribution < 1.29 is 14.5 Å². The lowest BCUT2D eigenvalue weighted by molar-refractivity contribution is -0.385. The molecular weight excluding hydrogens is 358 g/mol. The van der Waals surface area contributed by atoms with Crippen molar-refractivity contribution in [2.45, 2.75) is 13.3 Å². The van der Waals surface area contributed by atoms with Crippen LogP contribution in [0.3, 0.4) is 0 Å². The molecule has 0 bridgehead atoms. The fraction of sp³-hybridized carbons (Fsp3) is 0.214. The summed E-state index contributed by atoms with van der Waals surface area (Å²) < 4.78 is 6.17. The Morgan fingerprint density at radius 3 is 2.71 bits per heavy atom. The van der Waals surface area contributed by atoms with Crippen LogP contribution in [0.4, 0.5) is 5.69 Å². The van der Waals surface area contributed by atoms with Gasteiger partial charge in [-0.15, -0.1) is 11.3 Å². The van der Waals surface area contributed by atoms with Gasteiger partial charge in [0, 0.05) is 6.07 Å². The standard InChI is InChI=1S/C14H12BrNO4S/c1-2-9-3-4-12(10(7-9)16(18)19)20-8-11(17)13-5-6-14(15)21-13/h3-7H,2,8H2,1H3. The fourth-order valence-corrected chi connectivity index (χ4v) is 3.04. The van der Waals surface area contributed by atoms with Crippen LogP contribution in [0, 0.1) is 10.1 Å². The lowest BCUT2D eigenvalue weighted by Gasteiger charge is -2.06. The Bertz CT molecular complexity index is 683. The normalized spacial score (nSPS) is 10.4. The molecule has 21 heavy (non-hydrogen) atoms. The van der Waals surface area contributed by atoms with Crippen LogP contribution in [0.5, 0.6) is 5.75 Å². The highest BCUT2D eigenvalue weighted by Gasteiger charge is 2.17. The quantitative estimate of drug-likeness (QED) is 0.433. The zero-order valence-corrected chi connectivity index (χ0v) is 13.6. The lowest BCUT2D eigenvalue weighted by atomic mass is 10.1. The fourth-order valence-electron chi connectivity index (χ4n) is 1.73. The van der Waals surface area contributed by atoms with Crippen LogP contribution < -0.4 is 4.74 Å². The molecule has 0 saturated heterocycles. The number of ketones is 1. The van der Waals surface area contributed by atoms with Crippen molar-refractivity contribution in [3.05, 3.63) is 54.7 Å². The van der Waals surface area contributed by atoms with Gasteiger partial charge in [-0.3, -0.25) is 14.9 Å². The summed E-state index contributed by atoms with van der Waals surface area (Å²) in [7, 11) is 0. The van der Waals surface area contributed by atoms with Crippen molar-refractivity contribution >= 4 is 38.7 Å². The molecule has 0 radical (unpaired) electrons. The largest absolute Gasteiger partial charge is 0.478 e. The summed E-state index contributed by atoms with van der Waals surface area (Å²) in [6, 6.07) is 8.23. The molecule has 0 fully saturated rings. The number of nitrogens with zero attached hydrogens (tertiary/aromatic N) is 1. The van der Waals surface area contributed by atoms with Gasteiger partial charge in [-0.05, 0) is 46.1 Å². The number of hydrogen-bond donors (Lipinski definition) is 0. The maximum atomic E-state index is 11.9. The SMILES string of the molecule is CCc1ccc(OCC(=O)c2ccc(Br)s2)c([N+](=O)[O-])c1. The monoisotopic (exact) mass is 369 g/mol. The summed E-state index contributed by atoms with van der Waals surface area (Å²) in [5.74, 6) is -0.0965. The van der Waals surface area contributed by atoms with Crippen LogP contribution in [0.25, 0.3) is 0 Å². The molecule has 0 spiro atoms. The van der Waals surface area contributed by atoms with Crippen LogP contribution in [0.1, 0.15) is 22.2 Å². The molecule has 1 heterocycles. The molecule has 7 heteroatoms.